The minimum atomic E-state index is -2.97. The second kappa shape index (κ2) is 8.32. The van der Waals surface area contributed by atoms with Crippen molar-refractivity contribution < 1.29 is 23.0 Å². The number of hydrogen-bond donors (Lipinski definition) is 1. The highest BCUT2D eigenvalue weighted by Crippen LogP contribution is 2.18. The van der Waals surface area contributed by atoms with E-state index < -0.39 is 18.5 Å². The normalized spacial score (nSPS) is 11.0. The van der Waals surface area contributed by atoms with E-state index in [-0.39, 0.29) is 24.7 Å². The van der Waals surface area contributed by atoms with Crippen LogP contribution in [0.2, 0.25) is 0 Å². The third-order valence-corrected chi connectivity index (χ3v) is 2.94. The third kappa shape index (κ3) is 6.42. The van der Waals surface area contributed by atoms with Crippen molar-refractivity contribution in [2.45, 2.75) is 25.9 Å². The molecule has 2 aromatic rings. The number of nitrogens with zero attached hydrogens (tertiary/aromatic N) is 3. The molecule has 0 aliphatic heterocycles. The molecule has 0 aromatic carbocycles. The molecule has 2 heterocycles. The molecule has 0 fully saturated rings. The summed E-state index contributed by atoms with van der Waals surface area (Å²) in [6.07, 6.45) is 2.76. The molecule has 0 saturated heterocycles. The molecule has 0 amide bonds. The minimum absolute atomic E-state index is 0.0203. The van der Waals surface area contributed by atoms with Gasteiger partial charge in [-0.3, -0.25) is 4.79 Å². The van der Waals surface area contributed by atoms with Crippen LogP contribution < -0.4 is 10.5 Å². The lowest BCUT2D eigenvalue weighted by Gasteiger charge is -2.10. The zero-order valence-electron chi connectivity index (χ0n) is 14.1. The van der Waals surface area contributed by atoms with Gasteiger partial charge in [0.05, 0.1) is 17.8 Å². The number of hydrogen-bond acceptors (Lipinski definition) is 7. The summed E-state index contributed by atoms with van der Waals surface area (Å²) in [6, 6.07) is 4.99. The molecule has 9 heteroatoms. The van der Waals surface area contributed by atoms with Crippen molar-refractivity contribution in [3.8, 4) is 17.3 Å². The zero-order valence-corrected chi connectivity index (χ0v) is 14.1. The van der Waals surface area contributed by atoms with Crippen LogP contribution in [0, 0.1) is 0 Å². The van der Waals surface area contributed by atoms with Gasteiger partial charge in [0.15, 0.2) is 6.61 Å². The Labute approximate surface area is 148 Å². The van der Waals surface area contributed by atoms with Crippen molar-refractivity contribution in [1.29, 1.82) is 0 Å². The number of carbonyl (C=O) groups is 1. The van der Waals surface area contributed by atoms with E-state index in [0.717, 1.165) is 6.92 Å². The van der Waals surface area contributed by atoms with Gasteiger partial charge in [0.25, 0.3) is 5.92 Å². The van der Waals surface area contributed by atoms with E-state index in [1.807, 2.05) is 0 Å². The largest absolute Gasteiger partial charge is 0.459 e. The van der Waals surface area contributed by atoms with E-state index in [9.17, 15) is 13.6 Å². The summed E-state index contributed by atoms with van der Waals surface area (Å²) < 4.78 is 35.4. The van der Waals surface area contributed by atoms with Gasteiger partial charge in [-0.15, -0.1) is 0 Å². The summed E-state index contributed by atoms with van der Waals surface area (Å²) in [7, 11) is 0. The van der Waals surface area contributed by atoms with Crippen LogP contribution in [0.15, 0.2) is 42.9 Å². The summed E-state index contributed by atoms with van der Waals surface area (Å²) >= 11 is 0. The second-order valence-electron chi connectivity index (χ2n) is 5.62. The lowest BCUT2D eigenvalue weighted by molar-refractivity contribution is -0.144. The highest BCUT2D eigenvalue weighted by atomic mass is 19.3. The Morgan fingerprint density at radius 1 is 1.31 bits per heavy atom. The molecule has 7 nitrogen and oxygen atoms in total. The summed E-state index contributed by atoms with van der Waals surface area (Å²) in [4.78, 5) is 23.6. The lowest BCUT2D eigenvalue weighted by atomic mass is 10.2. The number of aromatic nitrogens is 3. The molecule has 0 spiro atoms. The molecule has 0 atom stereocenters. The van der Waals surface area contributed by atoms with Crippen LogP contribution in [-0.4, -0.2) is 33.5 Å². The number of rotatable bonds is 8. The molecule has 138 valence electrons. The molecule has 0 saturated carbocycles. The number of alkyl halides is 2. The number of pyridine rings is 1. The fraction of sp³-hybridized carbons (Fsp3) is 0.294. The van der Waals surface area contributed by atoms with Gasteiger partial charge < -0.3 is 15.2 Å². The Morgan fingerprint density at radius 2 is 2.00 bits per heavy atom. The summed E-state index contributed by atoms with van der Waals surface area (Å²) in [5, 5.41) is 0. The maximum Gasteiger partial charge on any atom is 0.316 e. The van der Waals surface area contributed by atoms with E-state index in [1.54, 1.807) is 18.2 Å². The Kier molecular flexibility index (Phi) is 6.16. The van der Waals surface area contributed by atoms with E-state index in [0.29, 0.717) is 17.0 Å². The molecule has 2 N–H and O–H groups in total. The monoisotopic (exact) mass is 364 g/mol. The molecule has 0 aliphatic carbocycles. The molecule has 26 heavy (non-hydrogen) atoms. The van der Waals surface area contributed by atoms with Gasteiger partial charge in [-0.05, 0) is 12.1 Å². The number of halogens is 2. The molecule has 0 bridgehead atoms. The first-order valence-electron chi connectivity index (χ1n) is 7.61. The fourth-order valence-electron chi connectivity index (χ4n) is 1.83. The van der Waals surface area contributed by atoms with Gasteiger partial charge in [-0.25, -0.2) is 23.7 Å². The maximum absolute atomic E-state index is 12.8. The molecule has 0 unspecified atom stereocenters. The molecular weight excluding hydrogens is 346 g/mol. The van der Waals surface area contributed by atoms with Crippen LogP contribution in [0.1, 0.15) is 19.0 Å². The van der Waals surface area contributed by atoms with E-state index in [4.69, 9.17) is 15.2 Å². The van der Waals surface area contributed by atoms with Gasteiger partial charge in [0.1, 0.15) is 6.61 Å². The van der Waals surface area contributed by atoms with Crippen LogP contribution in [0.5, 0.6) is 6.01 Å². The Bertz CT molecular complexity index is 776. The highest BCUT2D eigenvalue weighted by molar-refractivity contribution is 5.72. The first-order valence-corrected chi connectivity index (χ1v) is 7.61. The molecule has 2 rings (SSSR count). The highest BCUT2D eigenvalue weighted by Gasteiger charge is 2.22. The number of esters is 1. The van der Waals surface area contributed by atoms with Crippen LogP contribution in [0.25, 0.3) is 11.3 Å². The standard InChI is InChI=1S/C17H18F2N4O3/c1-11(20)6-15(24)25-9-13-4-3-5-14(23-13)12-7-21-16(22-8-12)26-10-17(2,18)19/h3-5,7-8H,1,6,9-10,20H2,2H3. The molecule has 0 radical (unpaired) electrons. The van der Waals surface area contributed by atoms with Gasteiger partial charge in [-0.2, -0.15) is 0 Å². The van der Waals surface area contributed by atoms with Gasteiger partial charge in [0, 0.05) is 30.6 Å². The second-order valence-corrected chi connectivity index (χ2v) is 5.62. The summed E-state index contributed by atoms with van der Waals surface area (Å²) in [5.41, 5.74) is 7.18. The number of nitrogens with two attached hydrogens (primary N) is 1. The topological polar surface area (TPSA) is 100 Å². The molecular formula is C17H18F2N4O3. The average Bonchev–Trinajstić information content (AvgIpc) is 2.58. The Balaban J connectivity index is 2.00. The Morgan fingerprint density at radius 3 is 2.62 bits per heavy atom. The van der Waals surface area contributed by atoms with E-state index in [1.165, 1.54) is 12.4 Å². The van der Waals surface area contributed by atoms with Crippen molar-refractivity contribution in [3.63, 3.8) is 0 Å². The average molecular weight is 364 g/mol. The van der Waals surface area contributed by atoms with Crippen LogP contribution in [-0.2, 0) is 16.1 Å². The van der Waals surface area contributed by atoms with Gasteiger partial charge >= 0.3 is 12.0 Å². The first-order chi connectivity index (χ1) is 12.2. The van der Waals surface area contributed by atoms with E-state index in [2.05, 4.69) is 21.5 Å². The number of carbonyl (C=O) groups excluding carboxylic acids is 1. The molecule has 2 aromatic heterocycles. The van der Waals surface area contributed by atoms with Crippen LogP contribution in [0.4, 0.5) is 8.78 Å². The maximum atomic E-state index is 12.8. The van der Waals surface area contributed by atoms with Gasteiger partial charge in [-0.1, -0.05) is 12.6 Å². The van der Waals surface area contributed by atoms with Crippen molar-refractivity contribution in [2.75, 3.05) is 6.61 Å². The smallest absolute Gasteiger partial charge is 0.316 e. The predicted molar refractivity (Wildman–Crippen MR) is 89.1 cm³/mol. The SMILES string of the molecule is C=C(N)CC(=O)OCc1cccc(-c2cnc(OCC(C)(F)F)nc2)n1. The van der Waals surface area contributed by atoms with Crippen LogP contribution in [0.3, 0.4) is 0 Å². The fourth-order valence-corrected chi connectivity index (χ4v) is 1.83. The van der Waals surface area contributed by atoms with Crippen molar-refractivity contribution in [1.82, 2.24) is 15.0 Å². The summed E-state index contributed by atoms with van der Waals surface area (Å²) in [5.74, 6) is -3.46. The number of ether oxygens (including phenoxy) is 2. The first kappa shape index (κ1) is 19.2. The quantitative estimate of drug-likeness (QED) is 0.718. The third-order valence-electron chi connectivity index (χ3n) is 2.94. The Hall–Kier alpha value is -3.10. The zero-order chi connectivity index (χ0) is 19.2. The predicted octanol–water partition coefficient (Wildman–Crippen LogP) is 2.48. The van der Waals surface area contributed by atoms with Crippen molar-refractivity contribution in [2.24, 2.45) is 5.73 Å². The van der Waals surface area contributed by atoms with Gasteiger partial charge in [0.2, 0.25) is 0 Å². The summed E-state index contributed by atoms with van der Waals surface area (Å²) in [6.45, 7) is 3.35. The van der Waals surface area contributed by atoms with Crippen molar-refractivity contribution in [3.05, 3.63) is 48.6 Å². The van der Waals surface area contributed by atoms with Crippen LogP contribution >= 0.6 is 0 Å². The van der Waals surface area contributed by atoms with E-state index >= 15 is 0 Å². The lowest BCUT2D eigenvalue weighted by Crippen LogP contribution is -2.21. The molecule has 0 aliphatic rings. The minimum Gasteiger partial charge on any atom is -0.459 e. The van der Waals surface area contributed by atoms with Crippen molar-refractivity contribution >= 4 is 5.97 Å².